The molecule has 2 aliphatic rings. The van der Waals surface area contributed by atoms with E-state index in [-0.39, 0.29) is 69.3 Å². The van der Waals surface area contributed by atoms with Gasteiger partial charge in [-0.2, -0.15) is 0 Å². The Kier molecular flexibility index (Phi) is 28.0. The molecule has 0 spiro atoms. The van der Waals surface area contributed by atoms with Gasteiger partial charge < -0.3 is 66.5 Å². The molecular formula is C75H78N4O19. The number of amides is 1. The monoisotopic (exact) mass is 1340 g/mol. The molecular weight excluding hydrogens is 1260 g/mol. The second kappa shape index (κ2) is 38.0. The number of carbonyl (C=O) groups is 7. The maximum atomic E-state index is 14.5. The van der Waals surface area contributed by atoms with Crippen LogP contribution in [0, 0.1) is 0 Å². The molecule has 10 atom stereocenters. The SMILES string of the molecule is CC(=O)CCC(=O)O[C@H]1[C@H](OCc2ccccc2)[C@@H](N=[N+]=[N-])[C@@H](O[C@H]2[C@H](OCc3ccccc3)[C@@H](OC(=O)c3ccccc3)[C@H](OCCCCCN(Cc3ccccc3)C(=O)OCc3ccc(COC(=O)c4ccccc4)cc3)O[C@H]2COC(C)=O)O[C@@H]1COC(=O)c1ccccc1. The largest absolute Gasteiger partial charge is 0.463 e. The van der Waals surface area contributed by atoms with Gasteiger partial charge in [0.15, 0.2) is 24.8 Å². The number of nitrogens with zero attached hydrogens (tertiary/aromatic N) is 4. The van der Waals surface area contributed by atoms with E-state index in [0.717, 1.165) is 16.7 Å². The van der Waals surface area contributed by atoms with Crippen molar-refractivity contribution in [3.8, 4) is 0 Å². The summed E-state index contributed by atoms with van der Waals surface area (Å²) < 4.78 is 75.9. The van der Waals surface area contributed by atoms with E-state index in [1.54, 1.807) is 114 Å². The number of ketones is 1. The highest BCUT2D eigenvalue weighted by Crippen LogP contribution is 2.37. The van der Waals surface area contributed by atoms with Crippen molar-refractivity contribution in [2.75, 3.05) is 26.4 Å². The zero-order valence-corrected chi connectivity index (χ0v) is 54.3. The van der Waals surface area contributed by atoms with Crippen molar-refractivity contribution in [1.82, 2.24) is 4.90 Å². The van der Waals surface area contributed by atoms with Crippen molar-refractivity contribution in [2.24, 2.45) is 5.11 Å². The molecule has 0 aliphatic carbocycles. The molecule has 1 amide bonds. The van der Waals surface area contributed by atoms with Crippen LogP contribution in [0.4, 0.5) is 4.79 Å². The summed E-state index contributed by atoms with van der Waals surface area (Å²) in [6.45, 7) is 1.80. The quantitative estimate of drug-likeness (QED) is 0.00904. The molecule has 0 saturated carbocycles. The molecule has 7 aromatic carbocycles. The van der Waals surface area contributed by atoms with E-state index < -0.39 is 111 Å². The predicted molar refractivity (Wildman–Crippen MR) is 353 cm³/mol. The van der Waals surface area contributed by atoms with Crippen molar-refractivity contribution >= 4 is 41.7 Å². The summed E-state index contributed by atoms with van der Waals surface area (Å²) in [6.07, 6.45) is -12.9. The van der Waals surface area contributed by atoms with Crippen molar-refractivity contribution in [2.45, 2.75) is 140 Å². The van der Waals surface area contributed by atoms with E-state index >= 15 is 0 Å². The van der Waals surface area contributed by atoms with E-state index in [0.29, 0.717) is 42.5 Å². The molecule has 23 heteroatoms. The smallest absolute Gasteiger partial charge is 0.410 e. The predicted octanol–water partition coefficient (Wildman–Crippen LogP) is 12.0. The van der Waals surface area contributed by atoms with Crippen molar-refractivity contribution < 1.29 is 90.4 Å². The first-order valence-electron chi connectivity index (χ1n) is 32.3. The molecule has 0 N–H and O–H groups in total. The summed E-state index contributed by atoms with van der Waals surface area (Å²) >= 11 is 0. The molecule has 23 nitrogen and oxygen atoms in total. The summed E-state index contributed by atoms with van der Waals surface area (Å²) in [5.41, 5.74) is 14.9. The van der Waals surface area contributed by atoms with Gasteiger partial charge in [0.05, 0.1) is 36.3 Å². The fourth-order valence-electron chi connectivity index (χ4n) is 10.8. The average Bonchev–Trinajstić information content (AvgIpc) is 0.770. The number of unbranched alkanes of at least 4 members (excludes halogenated alkanes) is 2. The number of hydrogen-bond acceptors (Lipinski definition) is 20. The molecule has 0 unspecified atom stereocenters. The lowest BCUT2D eigenvalue weighted by Crippen LogP contribution is -2.66. The van der Waals surface area contributed by atoms with E-state index in [4.69, 9.17) is 56.8 Å². The first kappa shape index (κ1) is 72.2. The molecule has 98 heavy (non-hydrogen) atoms. The van der Waals surface area contributed by atoms with Crippen molar-refractivity contribution in [3.05, 3.63) is 261 Å². The molecule has 2 fully saturated rings. The van der Waals surface area contributed by atoms with Gasteiger partial charge in [-0.15, -0.1) is 0 Å². The van der Waals surface area contributed by atoms with Crippen LogP contribution in [-0.2, 0) is 104 Å². The lowest BCUT2D eigenvalue weighted by Gasteiger charge is -2.49. The molecule has 2 heterocycles. The Bertz CT molecular complexity index is 3710. The van der Waals surface area contributed by atoms with Crippen LogP contribution >= 0.6 is 0 Å². The van der Waals surface area contributed by atoms with Gasteiger partial charge in [-0.3, -0.25) is 9.59 Å². The lowest BCUT2D eigenvalue weighted by molar-refractivity contribution is -0.352. The molecule has 7 aromatic rings. The molecule has 512 valence electrons. The standard InChI is InChI=1S/C75H78N4O19/c1-51(80)36-41-63(82)96-65-62(50-92-71(84)59-32-18-7-19-33-59)94-73(64(77-78-76)67(65)89-45-54-26-12-4-13-27-54)98-66-61(49-88-52(2)81)95-74(69(97-72(85)60-34-20-8-21-35-60)68(66)90-46-55-28-14-5-15-29-55)87-43-23-9-22-42-79(44-53-24-10-3-11-25-53)75(86)93-48-57-39-37-56(38-40-57)47-91-70(83)58-30-16-6-17-31-58/h3-8,10-21,24-35,37-40,61-62,64-69,73-74H,9,22-23,36,41-50H2,1-2H3/t61-,62+,64+,65+,66+,67+,68-,69+,73+,74+/m0/s1. The van der Waals surface area contributed by atoms with Crippen molar-refractivity contribution in [3.63, 3.8) is 0 Å². The van der Waals surface area contributed by atoms with Gasteiger partial charge in [0.2, 0.25) is 0 Å². The summed E-state index contributed by atoms with van der Waals surface area (Å²) in [5, 5.41) is 4.16. The van der Waals surface area contributed by atoms with Gasteiger partial charge >= 0.3 is 35.9 Å². The fourth-order valence-corrected chi connectivity index (χ4v) is 10.8. The number of hydrogen-bond donors (Lipinski definition) is 0. The van der Waals surface area contributed by atoms with Gasteiger partial charge in [0.25, 0.3) is 0 Å². The summed E-state index contributed by atoms with van der Waals surface area (Å²) in [7, 11) is 0. The van der Waals surface area contributed by atoms with Crippen molar-refractivity contribution in [1.29, 1.82) is 0 Å². The van der Waals surface area contributed by atoms with Crippen LogP contribution in [0.2, 0.25) is 0 Å². The van der Waals surface area contributed by atoms with Gasteiger partial charge in [-0.1, -0.05) is 175 Å². The second-order valence-corrected chi connectivity index (χ2v) is 23.2. The maximum absolute atomic E-state index is 14.5. The second-order valence-electron chi connectivity index (χ2n) is 23.2. The number of carbonyl (C=O) groups excluding carboxylic acids is 7. The average molecular weight is 1340 g/mol. The highest BCUT2D eigenvalue weighted by Gasteiger charge is 2.56. The van der Waals surface area contributed by atoms with Gasteiger partial charge in [-0.25, -0.2) is 19.2 Å². The number of rotatable bonds is 34. The first-order chi connectivity index (χ1) is 47.8. The number of esters is 5. The summed E-state index contributed by atoms with van der Waals surface area (Å²) in [4.78, 5) is 98.0. The van der Waals surface area contributed by atoms with Crippen LogP contribution in [-0.4, -0.2) is 134 Å². The Morgan fingerprint density at radius 2 is 0.929 bits per heavy atom. The van der Waals surface area contributed by atoms with E-state index in [9.17, 15) is 39.1 Å². The van der Waals surface area contributed by atoms with Crippen LogP contribution < -0.4 is 0 Å². The van der Waals surface area contributed by atoms with E-state index in [2.05, 4.69) is 10.0 Å². The van der Waals surface area contributed by atoms with Crippen LogP contribution in [0.3, 0.4) is 0 Å². The summed E-state index contributed by atoms with van der Waals surface area (Å²) in [5.74, 6) is -3.82. The minimum absolute atomic E-state index is 0.00683. The zero-order valence-electron chi connectivity index (χ0n) is 54.3. The number of benzene rings is 7. The third-order valence-electron chi connectivity index (χ3n) is 15.9. The van der Waals surface area contributed by atoms with Crippen LogP contribution in [0.1, 0.15) is 105 Å². The highest BCUT2D eigenvalue weighted by molar-refractivity contribution is 5.90. The number of Topliss-reactive ketones (excluding diaryl/α,β-unsaturated/α-hetero) is 1. The van der Waals surface area contributed by atoms with Gasteiger partial charge in [0.1, 0.15) is 68.8 Å². The van der Waals surface area contributed by atoms with Gasteiger partial charge in [-0.05, 0) is 95.9 Å². The normalized spacial score (nSPS) is 20.3. The Labute approximate surface area is 567 Å². The first-order valence-corrected chi connectivity index (χ1v) is 32.3. The van der Waals surface area contributed by atoms with Gasteiger partial charge in [0, 0.05) is 38.0 Å². The van der Waals surface area contributed by atoms with Crippen LogP contribution in [0.25, 0.3) is 10.4 Å². The third-order valence-corrected chi connectivity index (χ3v) is 15.9. The Balaban J connectivity index is 0.970. The Hall–Kier alpha value is -10.1. The number of ether oxygens (including phenoxy) is 12. The molecule has 0 radical (unpaired) electrons. The Morgan fingerprint density at radius 1 is 0.449 bits per heavy atom. The topological polar surface area (TPSA) is 282 Å². The van der Waals surface area contributed by atoms with E-state index in [1.807, 2.05) is 97.1 Å². The summed E-state index contributed by atoms with van der Waals surface area (Å²) in [6, 6.07) is 58.2. The fraction of sp³-hybridized carbons (Fsp3) is 0.347. The lowest BCUT2D eigenvalue weighted by atomic mass is 9.95. The molecule has 2 aliphatic heterocycles. The molecule has 2 saturated heterocycles. The third kappa shape index (κ3) is 22.2. The Morgan fingerprint density at radius 3 is 1.48 bits per heavy atom. The number of azide groups is 1. The van der Waals surface area contributed by atoms with Crippen LogP contribution in [0.5, 0.6) is 0 Å². The molecule has 0 bridgehead atoms. The molecule has 9 rings (SSSR count). The highest BCUT2D eigenvalue weighted by atomic mass is 16.8. The maximum Gasteiger partial charge on any atom is 0.410 e. The zero-order chi connectivity index (χ0) is 68.9. The minimum atomic E-state index is -1.73. The minimum Gasteiger partial charge on any atom is -0.463 e. The van der Waals surface area contributed by atoms with E-state index in [1.165, 1.54) is 13.8 Å². The molecule has 0 aromatic heterocycles. The van der Waals surface area contributed by atoms with Crippen LogP contribution in [0.15, 0.2) is 211 Å².